The Kier molecular flexibility index (Phi) is 7.16. The smallest absolute Gasteiger partial charge is 0.222 e. The average molecular weight is 419 g/mol. The number of likely N-dealkylation sites (tertiary alicyclic amines) is 2. The molecule has 0 saturated carbocycles. The number of hydrogen-bond donors (Lipinski definition) is 0. The molecule has 1 aromatic carbocycles. The third-order valence-corrected chi connectivity index (χ3v) is 6.47. The molecule has 31 heavy (non-hydrogen) atoms. The number of ether oxygens (including phenoxy) is 1. The van der Waals surface area contributed by atoms with E-state index in [1.807, 2.05) is 41.3 Å². The van der Waals surface area contributed by atoms with Crippen LogP contribution in [0.4, 0.5) is 0 Å². The quantitative estimate of drug-likeness (QED) is 0.719. The highest BCUT2D eigenvalue weighted by Crippen LogP contribution is 2.24. The largest absolute Gasteiger partial charge is 0.490 e. The van der Waals surface area contributed by atoms with Gasteiger partial charge >= 0.3 is 0 Å². The minimum Gasteiger partial charge on any atom is -0.490 e. The Labute approximate surface area is 184 Å². The average Bonchev–Trinajstić information content (AvgIpc) is 2.84. The molecule has 6 nitrogen and oxygen atoms in total. The van der Waals surface area contributed by atoms with Crippen LogP contribution in [0, 0.1) is 11.3 Å². The van der Waals surface area contributed by atoms with Gasteiger partial charge in [-0.25, -0.2) is 0 Å². The van der Waals surface area contributed by atoms with Crippen LogP contribution in [-0.2, 0) is 11.2 Å². The number of nitrogens with zero attached hydrogens (tertiary/aromatic N) is 4. The minimum atomic E-state index is 0.243. The number of aromatic nitrogens is 1. The van der Waals surface area contributed by atoms with Crippen LogP contribution < -0.4 is 4.74 Å². The lowest BCUT2D eigenvalue weighted by atomic mass is 9.98. The molecule has 162 valence electrons. The summed E-state index contributed by atoms with van der Waals surface area (Å²) < 4.78 is 6.08. The van der Waals surface area contributed by atoms with Crippen molar-refractivity contribution in [3.05, 3.63) is 59.9 Å². The third-order valence-electron chi connectivity index (χ3n) is 6.47. The van der Waals surface area contributed by atoms with Gasteiger partial charge in [0.15, 0.2) is 0 Å². The fraction of sp³-hybridized carbons (Fsp3) is 0.480. The van der Waals surface area contributed by atoms with Gasteiger partial charge < -0.3 is 9.64 Å². The molecule has 0 unspecified atom stereocenters. The highest BCUT2D eigenvalue weighted by molar-refractivity contribution is 5.76. The molecule has 0 aliphatic carbocycles. The molecule has 1 aromatic heterocycles. The molecule has 0 spiro atoms. The SMILES string of the molecule is N#Cc1ccc(CCC(=O)N2CCC(N3CCC(Oc4ccncc4)CC3)CC2)cc1. The van der Waals surface area contributed by atoms with Crippen LogP contribution in [-0.4, -0.2) is 59.0 Å². The maximum atomic E-state index is 12.6. The summed E-state index contributed by atoms with van der Waals surface area (Å²) in [7, 11) is 0. The lowest BCUT2D eigenvalue weighted by molar-refractivity contribution is -0.132. The second-order valence-electron chi connectivity index (χ2n) is 8.46. The number of carbonyl (C=O) groups is 1. The number of pyridine rings is 1. The number of rotatable bonds is 6. The Balaban J connectivity index is 1.16. The van der Waals surface area contributed by atoms with Crippen molar-refractivity contribution < 1.29 is 9.53 Å². The molecule has 0 N–H and O–H groups in total. The maximum absolute atomic E-state index is 12.6. The summed E-state index contributed by atoms with van der Waals surface area (Å²) in [6.07, 6.45) is 9.29. The van der Waals surface area contributed by atoms with E-state index in [2.05, 4.69) is 16.0 Å². The Morgan fingerprint density at radius 3 is 2.32 bits per heavy atom. The summed E-state index contributed by atoms with van der Waals surface area (Å²) in [5.74, 6) is 1.15. The summed E-state index contributed by atoms with van der Waals surface area (Å²) in [6.45, 7) is 3.83. The second kappa shape index (κ2) is 10.4. The van der Waals surface area contributed by atoms with Crippen molar-refractivity contribution >= 4 is 5.91 Å². The van der Waals surface area contributed by atoms with E-state index in [0.29, 0.717) is 18.0 Å². The number of carbonyl (C=O) groups excluding carboxylic acids is 1. The number of benzene rings is 1. The highest BCUT2D eigenvalue weighted by atomic mass is 16.5. The first kappa shape index (κ1) is 21.3. The first-order valence-electron chi connectivity index (χ1n) is 11.3. The molecular formula is C25H30N4O2. The molecule has 2 aromatic rings. The van der Waals surface area contributed by atoms with Gasteiger partial charge in [-0.05, 0) is 61.9 Å². The van der Waals surface area contributed by atoms with Crippen LogP contribution in [0.25, 0.3) is 0 Å². The predicted molar refractivity (Wildman–Crippen MR) is 119 cm³/mol. The topological polar surface area (TPSA) is 69.5 Å². The molecule has 2 fully saturated rings. The second-order valence-corrected chi connectivity index (χ2v) is 8.46. The molecule has 2 saturated heterocycles. The van der Waals surface area contributed by atoms with Gasteiger partial charge in [0.2, 0.25) is 5.91 Å². The van der Waals surface area contributed by atoms with Crippen LogP contribution in [0.15, 0.2) is 48.8 Å². The maximum Gasteiger partial charge on any atom is 0.222 e. The summed E-state index contributed by atoms with van der Waals surface area (Å²) >= 11 is 0. The van der Waals surface area contributed by atoms with Crippen LogP contribution in [0.2, 0.25) is 0 Å². The van der Waals surface area contributed by atoms with Gasteiger partial charge in [-0.2, -0.15) is 5.26 Å². The molecule has 6 heteroatoms. The molecule has 1 amide bonds. The van der Waals surface area contributed by atoms with Crippen molar-refractivity contribution in [1.82, 2.24) is 14.8 Å². The number of nitriles is 1. The fourth-order valence-corrected chi connectivity index (χ4v) is 4.60. The van der Waals surface area contributed by atoms with Gasteiger partial charge in [0.25, 0.3) is 0 Å². The van der Waals surface area contributed by atoms with E-state index in [-0.39, 0.29) is 12.0 Å². The van der Waals surface area contributed by atoms with Crippen LogP contribution in [0.1, 0.15) is 43.2 Å². The molecule has 2 aliphatic rings. The molecular weight excluding hydrogens is 388 g/mol. The lowest BCUT2D eigenvalue weighted by Gasteiger charge is -2.41. The van der Waals surface area contributed by atoms with Crippen molar-refractivity contribution in [3.8, 4) is 11.8 Å². The van der Waals surface area contributed by atoms with E-state index in [0.717, 1.165) is 69.6 Å². The normalized spacial score (nSPS) is 18.5. The molecule has 4 rings (SSSR count). The first-order chi connectivity index (χ1) is 15.2. The minimum absolute atomic E-state index is 0.243. The summed E-state index contributed by atoms with van der Waals surface area (Å²) in [5, 5.41) is 8.88. The summed E-state index contributed by atoms with van der Waals surface area (Å²) in [6, 6.07) is 14.1. The van der Waals surface area contributed by atoms with Crippen molar-refractivity contribution in [2.45, 2.75) is 50.7 Å². The van der Waals surface area contributed by atoms with Gasteiger partial charge in [-0.1, -0.05) is 12.1 Å². The van der Waals surface area contributed by atoms with Gasteiger partial charge in [0, 0.05) is 51.0 Å². The standard InChI is InChI=1S/C25H30N4O2/c26-19-21-3-1-20(2-4-21)5-6-25(30)29-15-9-22(10-16-29)28-17-11-24(12-18-28)31-23-7-13-27-14-8-23/h1-4,7-8,13-14,22,24H,5-6,9-12,15-18H2. The van der Waals surface area contributed by atoms with Crippen molar-refractivity contribution in [3.63, 3.8) is 0 Å². The first-order valence-corrected chi connectivity index (χ1v) is 11.3. The number of hydrogen-bond acceptors (Lipinski definition) is 5. The van der Waals surface area contributed by atoms with Gasteiger partial charge in [0.1, 0.15) is 11.9 Å². The van der Waals surface area contributed by atoms with Gasteiger partial charge in [-0.3, -0.25) is 14.7 Å². The number of amides is 1. The van der Waals surface area contributed by atoms with E-state index >= 15 is 0 Å². The Hall–Kier alpha value is -2.91. The molecule has 3 heterocycles. The zero-order valence-corrected chi connectivity index (χ0v) is 17.9. The van der Waals surface area contributed by atoms with Crippen molar-refractivity contribution in [1.29, 1.82) is 5.26 Å². The number of aryl methyl sites for hydroxylation is 1. The highest BCUT2D eigenvalue weighted by Gasteiger charge is 2.30. The Morgan fingerprint density at radius 1 is 1.00 bits per heavy atom. The fourth-order valence-electron chi connectivity index (χ4n) is 4.60. The van der Waals surface area contributed by atoms with Crippen molar-refractivity contribution in [2.75, 3.05) is 26.2 Å². The zero-order chi connectivity index (χ0) is 21.5. The van der Waals surface area contributed by atoms with Crippen molar-refractivity contribution in [2.24, 2.45) is 0 Å². The van der Waals surface area contributed by atoms with E-state index in [1.54, 1.807) is 12.4 Å². The predicted octanol–water partition coefficient (Wildman–Crippen LogP) is 3.42. The molecule has 2 aliphatic heterocycles. The van der Waals surface area contributed by atoms with Crippen LogP contribution in [0.3, 0.4) is 0 Å². The van der Waals surface area contributed by atoms with E-state index in [9.17, 15) is 4.79 Å². The number of piperidine rings is 2. The molecule has 0 radical (unpaired) electrons. The van der Waals surface area contributed by atoms with E-state index < -0.39 is 0 Å². The van der Waals surface area contributed by atoms with Crippen LogP contribution in [0.5, 0.6) is 5.75 Å². The lowest BCUT2D eigenvalue weighted by Crippen LogP contribution is -2.50. The Morgan fingerprint density at radius 2 is 1.68 bits per heavy atom. The van der Waals surface area contributed by atoms with Gasteiger partial charge in [-0.15, -0.1) is 0 Å². The summed E-state index contributed by atoms with van der Waals surface area (Å²) in [5.41, 5.74) is 1.77. The van der Waals surface area contributed by atoms with Gasteiger partial charge in [0.05, 0.1) is 11.6 Å². The zero-order valence-electron chi connectivity index (χ0n) is 17.9. The Bertz CT molecular complexity index is 878. The summed E-state index contributed by atoms with van der Waals surface area (Å²) in [4.78, 5) is 21.3. The van der Waals surface area contributed by atoms with Crippen LogP contribution >= 0.6 is 0 Å². The monoisotopic (exact) mass is 418 g/mol. The third kappa shape index (κ3) is 5.83. The van der Waals surface area contributed by atoms with E-state index in [4.69, 9.17) is 10.00 Å². The van der Waals surface area contributed by atoms with E-state index in [1.165, 1.54) is 0 Å². The molecule has 0 atom stereocenters. The molecule has 0 bridgehead atoms.